The van der Waals surface area contributed by atoms with E-state index in [1.165, 1.54) is 12.8 Å². The van der Waals surface area contributed by atoms with Gasteiger partial charge in [0.15, 0.2) is 6.10 Å². The molecule has 0 fully saturated rings. The number of likely N-dealkylation sites (N-methyl/N-ethyl adjacent to an activating group) is 1. The zero-order valence-electron chi connectivity index (χ0n) is 32.7. The summed E-state index contributed by atoms with van der Waals surface area (Å²) < 4.78 is 17.0. The third kappa shape index (κ3) is 32.4. The lowest BCUT2D eigenvalue weighted by Crippen LogP contribution is -2.55. The van der Waals surface area contributed by atoms with Crippen LogP contribution in [0.4, 0.5) is 0 Å². The van der Waals surface area contributed by atoms with Crippen LogP contribution in [-0.2, 0) is 28.6 Å². The lowest BCUT2D eigenvalue weighted by Gasteiger charge is -2.34. The van der Waals surface area contributed by atoms with Gasteiger partial charge in [0.05, 0.1) is 40.3 Å². The van der Waals surface area contributed by atoms with Crippen molar-refractivity contribution in [3.8, 4) is 0 Å². The van der Waals surface area contributed by atoms with E-state index in [1.54, 1.807) is 21.1 Å². The standard InChI is InChI=1S/C43H71NO7/c1-6-8-10-12-14-16-18-19-20-21-22-24-25-27-29-31-33-41(45)50-38-39(37-49-36-35-40(43(47)48)44(3,4)5)51-42(46)34-32-30-28-26-23-17-15-13-11-9-7-2/h8,10,13-16,19-20,22,24,27,29,39-40H,6-7,9,11-12,17-18,21,23,25-26,28,30-38H2,1-5H3/b10-8+,15-13+,16-14+,20-19+,24-22+,29-27+. The maximum atomic E-state index is 12.6. The van der Waals surface area contributed by atoms with E-state index in [0.717, 1.165) is 77.0 Å². The molecule has 0 aliphatic carbocycles. The molecule has 0 aromatic rings. The molecule has 0 rings (SSSR count). The van der Waals surface area contributed by atoms with Gasteiger partial charge in [-0.1, -0.05) is 119 Å². The molecule has 8 heteroatoms. The van der Waals surface area contributed by atoms with Crippen LogP contribution < -0.4 is 5.11 Å². The summed E-state index contributed by atoms with van der Waals surface area (Å²) in [5, 5.41) is 11.6. The minimum absolute atomic E-state index is 0.0104. The maximum Gasteiger partial charge on any atom is 0.306 e. The molecule has 0 aliphatic heterocycles. The van der Waals surface area contributed by atoms with Crippen molar-refractivity contribution in [1.29, 1.82) is 0 Å². The van der Waals surface area contributed by atoms with Crippen molar-refractivity contribution < 1.29 is 38.2 Å². The highest BCUT2D eigenvalue weighted by Crippen LogP contribution is 2.11. The predicted molar refractivity (Wildman–Crippen MR) is 208 cm³/mol. The summed E-state index contributed by atoms with van der Waals surface area (Å²) in [5.41, 5.74) is 0. The highest BCUT2D eigenvalue weighted by molar-refractivity contribution is 5.70. The van der Waals surface area contributed by atoms with E-state index in [1.807, 2.05) is 12.2 Å². The fourth-order valence-corrected chi connectivity index (χ4v) is 5.04. The number of rotatable bonds is 33. The van der Waals surface area contributed by atoms with Crippen molar-refractivity contribution in [3.63, 3.8) is 0 Å². The summed E-state index contributed by atoms with van der Waals surface area (Å²) in [6, 6.07) is -0.739. The van der Waals surface area contributed by atoms with Crippen molar-refractivity contribution in [1.82, 2.24) is 0 Å². The molecule has 2 atom stereocenters. The fourth-order valence-electron chi connectivity index (χ4n) is 5.04. The number of esters is 2. The van der Waals surface area contributed by atoms with Gasteiger partial charge in [0.2, 0.25) is 0 Å². The van der Waals surface area contributed by atoms with Gasteiger partial charge in [0, 0.05) is 19.3 Å². The summed E-state index contributed by atoms with van der Waals surface area (Å²) >= 11 is 0. The Hall–Kier alpha value is -3.23. The van der Waals surface area contributed by atoms with Crippen LogP contribution in [0.5, 0.6) is 0 Å². The number of hydrogen-bond donors (Lipinski definition) is 0. The molecule has 2 unspecified atom stereocenters. The number of unbranched alkanes of at least 4 members (excludes halogenated alkanes) is 7. The Balaban J connectivity index is 4.55. The average Bonchev–Trinajstić information content (AvgIpc) is 3.08. The second-order valence-corrected chi connectivity index (χ2v) is 13.8. The van der Waals surface area contributed by atoms with Crippen LogP contribution >= 0.6 is 0 Å². The van der Waals surface area contributed by atoms with Gasteiger partial charge in [-0.15, -0.1) is 0 Å². The minimum atomic E-state index is -1.14. The third-order valence-electron chi connectivity index (χ3n) is 8.09. The van der Waals surface area contributed by atoms with E-state index in [9.17, 15) is 19.5 Å². The SMILES string of the molecule is CC/C=C/C/C=C/C/C=C/C/C=C/C/C=C/CCC(=O)OCC(COCCC(C(=O)[O-])[N+](C)(C)C)OC(=O)CCCCCCC/C=C/CCCC. The zero-order valence-corrected chi connectivity index (χ0v) is 32.7. The number of allylic oxidation sites excluding steroid dienone is 12. The molecule has 290 valence electrons. The molecular weight excluding hydrogens is 642 g/mol. The van der Waals surface area contributed by atoms with Crippen LogP contribution in [0.25, 0.3) is 0 Å². The van der Waals surface area contributed by atoms with E-state index >= 15 is 0 Å². The predicted octanol–water partition coefficient (Wildman–Crippen LogP) is 8.68. The smallest absolute Gasteiger partial charge is 0.306 e. The van der Waals surface area contributed by atoms with Crippen molar-refractivity contribution >= 4 is 17.9 Å². The average molecular weight is 714 g/mol. The summed E-state index contributed by atoms with van der Waals surface area (Å²) in [6.07, 6.45) is 40.8. The lowest BCUT2D eigenvalue weighted by molar-refractivity contribution is -0.889. The first-order valence-electron chi connectivity index (χ1n) is 19.5. The Morgan fingerprint density at radius 1 is 0.608 bits per heavy atom. The first-order chi connectivity index (χ1) is 24.6. The van der Waals surface area contributed by atoms with Gasteiger partial charge >= 0.3 is 11.9 Å². The Morgan fingerprint density at radius 2 is 1.14 bits per heavy atom. The topological polar surface area (TPSA) is 102 Å². The van der Waals surface area contributed by atoms with Crippen molar-refractivity contribution in [2.45, 2.75) is 142 Å². The quantitative estimate of drug-likeness (QED) is 0.0290. The molecule has 0 heterocycles. The van der Waals surface area contributed by atoms with Crippen LogP contribution in [0.3, 0.4) is 0 Å². The number of quaternary nitrogens is 1. The Kier molecular flexibility index (Phi) is 31.7. The molecule has 0 aromatic carbocycles. The fraction of sp³-hybridized carbons (Fsp3) is 0.651. The van der Waals surface area contributed by atoms with E-state index in [0.29, 0.717) is 12.8 Å². The molecule has 0 spiro atoms. The van der Waals surface area contributed by atoms with Gasteiger partial charge in [-0.3, -0.25) is 9.59 Å². The second-order valence-electron chi connectivity index (χ2n) is 13.8. The van der Waals surface area contributed by atoms with E-state index in [2.05, 4.69) is 74.6 Å². The van der Waals surface area contributed by atoms with Gasteiger partial charge in [-0.2, -0.15) is 0 Å². The Morgan fingerprint density at radius 3 is 1.71 bits per heavy atom. The van der Waals surface area contributed by atoms with Crippen molar-refractivity contribution in [2.24, 2.45) is 0 Å². The van der Waals surface area contributed by atoms with Crippen LogP contribution in [0.1, 0.15) is 129 Å². The molecule has 0 radical (unpaired) electrons. The van der Waals surface area contributed by atoms with E-state index < -0.39 is 18.1 Å². The number of ether oxygens (including phenoxy) is 3. The van der Waals surface area contributed by atoms with Crippen molar-refractivity contribution in [2.75, 3.05) is 41.0 Å². The van der Waals surface area contributed by atoms with Gasteiger partial charge in [0.25, 0.3) is 0 Å². The van der Waals surface area contributed by atoms with Crippen LogP contribution in [-0.4, -0.2) is 75.5 Å². The molecule has 51 heavy (non-hydrogen) atoms. The summed E-state index contributed by atoms with van der Waals surface area (Å²) in [4.78, 5) is 36.6. The zero-order chi connectivity index (χ0) is 37.8. The highest BCUT2D eigenvalue weighted by Gasteiger charge is 2.25. The van der Waals surface area contributed by atoms with E-state index in [4.69, 9.17) is 14.2 Å². The molecular formula is C43H71NO7. The number of carbonyl (C=O) groups excluding carboxylic acids is 3. The molecule has 0 aliphatic rings. The van der Waals surface area contributed by atoms with Crippen LogP contribution in [0.15, 0.2) is 72.9 Å². The number of hydrogen-bond acceptors (Lipinski definition) is 7. The van der Waals surface area contributed by atoms with Gasteiger partial charge in [-0.05, 0) is 64.2 Å². The summed E-state index contributed by atoms with van der Waals surface area (Å²) in [6.45, 7) is 4.38. The third-order valence-corrected chi connectivity index (χ3v) is 8.09. The number of aliphatic carboxylic acids is 1. The summed E-state index contributed by atoms with van der Waals surface area (Å²) in [5.74, 6) is -1.87. The highest BCUT2D eigenvalue weighted by atomic mass is 16.6. The first-order valence-corrected chi connectivity index (χ1v) is 19.5. The summed E-state index contributed by atoms with van der Waals surface area (Å²) in [7, 11) is 5.36. The lowest BCUT2D eigenvalue weighted by atomic mass is 10.1. The number of carboxylic acid groups (broad SMARTS) is 1. The largest absolute Gasteiger partial charge is 0.544 e. The van der Waals surface area contributed by atoms with Crippen LogP contribution in [0.2, 0.25) is 0 Å². The number of nitrogens with zero attached hydrogens (tertiary/aromatic N) is 1. The Labute approximate surface area is 311 Å². The number of carbonyl (C=O) groups is 3. The minimum Gasteiger partial charge on any atom is -0.544 e. The Bertz CT molecular complexity index is 1060. The molecule has 0 aromatic heterocycles. The molecule has 0 amide bonds. The maximum absolute atomic E-state index is 12.6. The number of carboxylic acids is 1. The van der Waals surface area contributed by atoms with Gasteiger partial charge < -0.3 is 28.6 Å². The molecule has 8 nitrogen and oxygen atoms in total. The molecule has 0 saturated carbocycles. The monoisotopic (exact) mass is 714 g/mol. The molecule has 0 bridgehead atoms. The molecule has 0 saturated heterocycles. The second kappa shape index (κ2) is 33.9. The van der Waals surface area contributed by atoms with Crippen LogP contribution in [0, 0.1) is 0 Å². The molecule has 0 N–H and O–H groups in total. The van der Waals surface area contributed by atoms with E-state index in [-0.39, 0.29) is 49.1 Å². The van der Waals surface area contributed by atoms with Gasteiger partial charge in [-0.25, -0.2) is 0 Å². The first kappa shape index (κ1) is 47.8. The van der Waals surface area contributed by atoms with Crippen molar-refractivity contribution in [3.05, 3.63) is 72.9 Å². The van der Waals surface area contributed by atoms with Gasteiger partial charge in [0.1, 0.15) is 12.6 Å². The normalized spacial score (nSPS) is 13.8.